The van der Waals surface area contributed by atoms with Crippen LogP contribution >= 0.6 is 11.6 Å². The summed E-state index contributed by atoms with van der Waals surface area (Å²) in [5.41, 5.74) is 2.75. The van der Waals surface area contributed by atoms with E-state index in [-0.39, 0.29) is 40.5 Å². The first-order chi connectivity index (χ1) is 21.1. The van der Waals surface area contributed by atoms with E-state index in [9.17, 15) is 18.0 Å². The lowest BCUT2D eigenvalue weighted by atomic mass is 10.0. The molecule has 0 heterocycles. The number of sulfonamides is 1. The number of amides is 2. The molecule has 1 N–H and O–H groups in total. The summed E-state index contributed by atoms with van der Waals surface area (Å²) in [6.07, 6.45) is 0.962. The van der Waals surface area contributed by atoms with Gasteiger partial charge in [0.1, 0.15) is 12.6 Å². The number of nitrogens with one attached hydrogen (secondary N) is 1. The van der Waals surface area contributed by atoms with Crippen LogP contribution < -0.4 is 9.62 Å². The van der Waals surface area contributed by atoms with Crippen molar-refractivity contribution >= 4 is 39.1 Å². The molecule has 9 heteroatoms. The number of halogens is 1. The molecular formula is C35H38ClN3O4S. The normalized spacial score (nSPS) is 12.6. The molecule has 2 unspecified atom stereocenters. The first-order valence-corrected chi connectivity index (χ1v) is 16.4. The second-order valence-electron chi connectivity index (χ2n) is 10.8. The van der Waals surface area contributed by atoms with Crippen molar-refractivity contribution in [3.8, 4) is 0 Å². The minimum Gasteiger partial charge on any atom is -0.352 e. The minimum absolute atomic E-state index is 0.0285. The van der Waals surface area contributed by atoms with E-state index in [1.807, 2.05) is 81.4 Å². The van der Waals surface area contributed by atoms with Gasteiger partial charge in [0, 0.05) is 19.0 Å². The molecule has 4 aromatic rings. The Morgan fingerprint density at radius 3 is 1.98 bits per heavy atom. The third kappa shape index (κ3) is 8.27. The standard InChI is InChI=1S/C35H38ClN3O4S/c1-4-27(3)37-35(41)33(23-28-13-7-5-8-14-28)38(24-29-15-9-6-10-16-29)34(40)25-39(32-18-12-11-17-31(32)36)44(42,43)30-21-19-26(2)20-22-30/h5-22,27,33H,4,23-25H2,1-3H3,(H,37,41). The Labute approximate surface area is 265 Å². The van der Waals surface area contributed by atoms with Crippen LogP contribution in [0.4, 0.5) is 5.69 Å². The third-order valence-corrected chi connectivity index (χ3v) is 9.57. The highest BCUT2D eigenvalue weighted by Crippen LogP contribution is 2.31. The lowest BCUT2D eigenvalue weighted by Gasteiger charge is -2.34. The second kappa shape index (κ2) is 15.0. The number of nitrogens with zero attached hydrogens (tertiary/aromatic N) is 2. The van der Waals surface area contributed by atoms with Crippen molar-refractivity contribution in [2.45, 2.75) is 57.1 Å². The molecule has 0 fully saturated rings. The van der Waals surface area contributed by atoms with Gasteiger partial charge >= 0.3 is 0 Å². The summed E-state index contributed by atoms with van der Waals surface area (Å²) in [6, 6.07) is 30.8. The van der Waals surface area contributed by atoms with Gasteiger partial charge in [-0.25, -0.2) is 8.42 Å². The van der Waals surface area contributed by atoms with Gasteiger partial charge in [-0.3, -0.25) is 13.9 Å². The van der Waals surface area contributed by atoms with Gasteiger partial charge in [-0.05, 0) is 55.7 Å². The van der Waals surface area contributed by atoms with Gasteiger partial charge in [0.05, 0.1) is 15.6 Å². The smallest absolute Gasteiger partial charge is 0.264 e. The predicted molar refractivity (Wildman–Crippen MR) is 176 cm³/mol. The number of anilines is 1. The number of hydrogen-bond acceptors (Lipinski definition) is 4. The number of carbonyl (C=O) groups is 2. The molecule has 2 amide bonds. The number of para-hydroxylation sites is 1. The topological polar surface area (TPSA) is 86.8 Å². The van der Waals surface area contributed by atoms with E-state index in [2.05, 4.69) is 5.32 Å². The number of hydrogen-bond donors (Lipinski definition) is 1. The van der Waals surface area contributed by atoms with Crippen LogP contribution in [0.25, 0.3) is 0 Å². The van der Waals surface area contributed by atoms with Crippen molar-refractivity contribution in [2.75, 3.05) is 10.8 Å². The number of carbonyl (C=O) groups excluding carboxylic acids is 2. The third-order valence-electron chi connectivity index (χ3n) is 7.48. The molecule has 0 saturated heterocycles. The zero-order valence-corrected chi connectivity index (χ0v) is 26.8. The zero-order valence-electron chi connectivity index (χ0n) is 25.2. The fourth-order valence-electron chi connectivity index (χ4n) is 4.78. The summed E-state index contributed by atoms with van der Waals surface area (Å²) in [7, 11) is -4.22. The van der Waals surface area contributed by atoms with E-state index >= 15 is 0 Å². The van der Waals surface area contributed by atoms with E-state index in [0.717, 1.165) is 21.0 Å². The van der Waals surface area contributed by atoms with Crippen LogP contribution in [0.3, 0.4) is 0 Å². The average Bonchev–Trinajstić information content (AvgIpc) is 3.03. The number of benzene rings is 4. The molecule has 4 rings (SSSR count). The highest BCUT2D eigenvalue weighted by molar-refractivity contribution is 7.92. The van der Waals surface area contributed by atoms with E-state index in [4.69, 9.17) is 11.6 Å². The van der Waals surface area contributed by atoms with Gasteiger partial charge in [0.15, 0.2) is 0 Å². The fourth-order valence-corrected chi connectivity index (χ4v) is 6.50. The molecule has 0 radical (unpaired) electrons. The SMILES string of the molecule is CCC(C)NC(=O)C(Cc1ccccc1)N(Cc1ccccc1)C(=O)CN(c1ccccc1Cl)S(=O)(=O)c1ccc(C)cc1. The maximum atomic E-state index is 14.5. The van der Waals surface area contributed by atoms with Crippen LogP contribution in [0.2, 0.25) is 5.02 Å². The van der Waals surface area contributed by atoms with Crippen molar-refractivity contribution in [3.63, 3.8) is 0 Å². The molecule has 0 aliphatic rings. The van der Waals surface area contributed by atoms with Gasteiger partial charge in [0.25, 0.3) is 10.0 Å². The van der Waals surface area contributed by atoms with Crippen LogP contribution in [0.1, 0.15) is 37.0 Å². The average molecular weight is 632 g/mol. The first-order valence-electron chi connectivity index (χ1n) is 14.6. The second-order valence-corrected chi connectivity index (χ2v) is 13.1. The quantitative estimate of drug-likeness (QED) is 0.185. The maximum absolute atomic E-state index is 14.5. The molecule has 0 spiro atoms. The van der Waals surface area contributed by atoms with E-state index < -0.39 is 28.5 Å². The lowest BCUT2D eigenvalue weighted by molar-refractivity contribution is -0.140. The van der Waals surface area contributed by atoms with Gasteiger partial charge in [-0.1, -0.05) is 109 Å². The van der Waals surface area contributed by atoms with E-state index in [0.29, 0.717) is 6.42 Å². The van der Waals surface area contributed by atoms with E-state index in [1.165, 1.54) is 17.0 Å². The molecule has 0 aliphatic carbocycles. The Morgan fingerprint density at radius 1 is 0.818 bits per heavy atom. The highest BCUT2D eigenvalue weighted by atomic mass is 35.5. The number of aryl methyl sites for hydroxylation is 1. The Balaban J connectivity index is 1.80. The van der Waals surface area contributed by atoms with Crippen LogP contribution in [-0.2, 0) is 32.6 Å². The maximum Gasteiger partial charge on any atom is 0.264 e. The molecule has 7 nitrogen and oxygen atoms in total. The summed E-state index contributed by atoms with van der Waals surface area (Å²) in [4.78, 5) is 29.8. The Hall–Kier alpha value is -4.14. The lowest BCUT2D eigenvalue weighted by Crippen LogP contribution is -2.54. The van der Waals surface area contributed by atoms with Gasteiger partial charge in [-0.15, -0.1) is 0 Å². The summed E-state index contributed by atoms with van der Waals surface area (Å²) in [6.45, 7) is 5.29. The molecule has 230 valence electrons. The van der Waals surface area contributed by atoms with Crippen molar-refractivity contribution in [2.24, 2.45) is 0 Å². The monoisotopic (exact) mass is 631 g/mol. The van der Waals surface area contributed by atoms with Crippen LogP contribution in [0, 0.1) is 6.92 Å². The van der Waals surface area contributed by atoms with Crippen LogP contribution in [0.15, 0.2) is 114 Å². The summed E-state index contributed by atoms with van der Waals surface area (Å²) in [5.74, 6) is -0.845. The molecule has 0 aromatic heterocycles. The largest absolute Gasteiger partial charge is 0.352 e. The number of rotatable bonds is 13. The van der Waals surface area contributed by atoms with Crippen LogP contribution in [-0.4, -0.2) is 43.8 Å². The summed E-state index contributed by atoms with van der Waals surface area (Å²) in [5, 5.41) is 3.22. The highest BCUT2D eigenvalue weighted by Gasteiger charge is 2.35. The summed E-state index contributed by atoms with van der Waals surface area (Å²) >= 11 is 6.53. The molecule has 0 aliphatic heterocycles. The van der Waals surface area contributed by atoms with Gasteiger partial charge in [0.2, 0.25) is 11.8 Å². The van der Waals surface area contributed by atoms with Crippen molar-refractivity contribution < 1.29 is 18.0 Å². The first kappa shape index (κ1) is 32.8. The fraction of sp³-hybridized carbons (Fsp3) is 0.257. The van der Waals surface area contributed by atoms with Crippen molar-refractivity contribution in [1.82, 2.24) is 10.2 Å². The van der Waals surface area contributed by atoms with E-state index in [1.54, 1.807) is 36.4 Å². The predicted octanol–water partition coefficient (Wildman–Crippen LogP) is 6.40. The Kier molecular flexibility index (Phi) is 11.2. The molecule has 4 aromatic carbocycles. The van der Waals surface area contributed by atoms with Crippen LogP contribution in [0.5, 0.6) is 0 Å². The van der Waals surface area contributed by atoms with Crippen molar-refractivity contribution in [1.29, 1.82) is 0 Å². The van der Waals surface area contributed by atoms with Gasteiger partial charge < -0.3 is 10.2 Å². The van der Waals surface area contributed by atoms with Gasteiger partial charge in [-0.2, -0.15) is 0 Å². The minimum atomic E-state index is -4.22. The molecular weight excluding hydrogens is 594 g/mol. The Morgan fingerprint density at radius 2 is 1.39 bits per heavy atom. The Bertz CT molecular complexity index is 1650. The zero-order chi connectivity index (χ0) is 31.7. The molecule has 0 saturated carbocycles. The molecule has 2 atom stereocenters. The molecule has 0 bridgehead atoms. The van der Waals surface area contributed by atoms with Crippen molar-refractivity contribution in [3.05, 3.63) is 131 Å². The summed E-state index contributed by atoms with van der Waals surface area (Å²) < 4.78 is 29.3. The molecule has 44 heavy (non-hydrogen) atoms.